The maximum Gasteiger partial charge on any atom is 1.00 e. The molecule has 0 heterocycles. The maximum atomic E-state index is 11.2. The Morgan fingerprint density at radius 1 is 0.917 bits per heavy atom. The maximum absolute atomic E-state index is 11.2. The van der Waals surface area contributed by atoms with E-state index in [0.29, 0.717) is 0 Å². The monoisotopic (exact) mass is 358 g/mol. The zero-order valence-corrected chi connectivity index (χ0v) is 18.6. The fourth-order valence-corrected chi connectivity index (χ4v) is 2.95. The summed E-state index contributed by atoms with van der Waals surface area (Å²) < 4.78 is 0. The largest absolute Gasteiger partial charge is 1.00 e. The Labute approximate surface area is 189 Å². The van der Waals surface area contributed by atoms with Crippen molar-refractivity contribution in [3.8, 4) is 5.75 Å². The minimum absolute atomic E-state index is 0. The van der Waals surface area contributed by atoms with E-state index in [1.165, 1.54) is 69.9 Å². The van der Waals surface area contributed by atoms with Crippen molar-refractivity contribution in [2.75, 3.05) is 0 Å². The number of unbranched alkanes of at least 4 members (excludes halogenated alkanes) is 10. The van der Waals surface area contributed by atoms with Crippen molar-refractivity contribution in [1.29, 1.82) is 0 Å². The SMILES string of the molecule is CCCCCCCCCCCCCc1ccc([O-])cc1C(=O)O.[K+]. The Bertz CT molecular complexity index is 460. The van der Waals surface area contributed by atoms with Crippen LogP contribution in [0.3, 0.4) is 0 Å². The molecule has 0 atom stereocenters. The van der Waals surface area contributed by atoms with Gasteiger partial charge >= 0.3 is 57.4 Å². The molecule has 0 bridgehead atoms. The number of aromatic carboxylic acids is 1. The quantitative estimate of drug-likeness (QED) is 0.435. The Balaban J connectivity index is 0.00000529. The van der Waals surface area contributed by atoms with Gasteiger partial charge in [-0.15, -0.1) is 5.75 Å². The van der Waals surface area contributed by atoms with Crippen LogP contribution in [-0.4, -0.2) is 11.1 Å². The Kier molecular flexibility index (Phi) is 15.5. The molecule has 1 aromatic rings. The van der Waals surface area contributed by atoms with Crippen molar-refractivity contribution in [2.24, 2.45) is 0 Å². The molecule has 0 aliphatic carbocycles. The average Bonchev–Trinajstić information content (AvgIpc) is 2.53. The van der Waals surface area contributed by atoms with Crippen LogP contribution in [0.5, 0.6) is 5.75 Å². The summed E-state index contributed by atoms with van der Waals surface area (Å²) in [6, 6.07) is 4.36. The molecule has 0 fully saturated rings. The van der Waals surface area contributed by atoms with Crippen LogP contribution in [0, 0.1) is 0 Å². The average molecular weight is 359 g/mol. The second-order valence-electron chi connectivity index (χ2n) is 6.41. The fourth-order valence-electron chi connectivity index (χ4n) is 2.95. The third-order valence-electron chi connectivity index (χ3n) is 4.36. The molecule has 0 radical (unpaired) electrons. The van der Waals surface area contributed by atoms with Crippen LogP contribution in [-0.2, 0) is 6.42 Å². The van der Waals surface area contributed by atoms with Gasteiger partial charge in [0.05, 0.1) is 5.56 Å². The first-order chi connectivity index (χ1) is 11.1. The molecule has 0 saturated heterocycles. The zero-order valence-electron chi connectivity index (χ0n) is 15.5. The van der Waals surface area contributed by atoms with Crippen LogP contribution in [0.15, 0.2) is 18.2 Å². The molecule has 0 unspecified atom stereocenters. The molecule has 0 aliphatic rings. The van der Waals surface area contributed by atoms with Gasteiger partial charge in [0, 0.05) is 0 Å². The van der Waals surface area contributed by atoms with E-state index in [2.05, 4.69) is 6.92 Å². The van der Waals surface area contributed by atoms with Crippen molar-refractivity contribution < 1.29 is 66.4 Å². The van der Waals surface area contributed by atoms with Crippen molar-refractivity contribution in [1.82, 2.24) is 0 Å². The van der Waals surface area contributed by atoms with Crippen LogP contribution in [0.1, 0.15) is 93.5 Å². The van der Waals surface area contributed by atoms with E-state index in [9.17, 15) is 9.90 Å². The van der Waals surface area contributed by atoms with E-state index in [4.69, 9.17) is 5.11 Å². The topological polar surface area (TPSA) is 60.4 Å². The Morgan fingerprint density at radius 3 is 1.92 bits per heavy atom. The van der Waals surface area contributed by atoms with Gasteiger partial charge < -0.3 is 10.2 Å². The number of hydrogen-bond acceptors (Lipinski definition) is 2. The molecule has 130 valence electrons. The number of carboxylic acids is 1. The summed E-state index contributed by atoms with van der Waals surface area (Å²) in [5.74, 6) is -1.23. The summed E-state index contributed by atoms with van der Waals surface area (Å²) in [7, 11) is 0. The summed E-state index contributed by atoms with van der Waals surface area (Å²) in [4.78, 5) is 11.1. The summed E-state index contributed by atoms with van der Waals surface area (Å²) >= 11 is 0. The number of aryl methyl sites for hydroxylation is 1. The number of benzene rings is 1. The molecule has 4 heteroatoms. The molecule has 1 N–H and O–H groups in total. The summed E-state index contributed by atoms with van der Waals surface area (Å²) in [5.41, 5.74) is 0.956. The molecule has 0 saturated carbocycles. The molecule has 24 heavy (non-hydrogen) atoms. The predicted octanol–water partition coefficient (Wildman–Crippen LogP) is 2.32. The first-order valence-electron chi connectivity index (χ1n) is 9.18. The number of rotatable bonds is 13. The Hall–Kier alpha value is 0.126. The van der Waals surface area contributed by atoms with Gasteiger partial charge in [-0.25, -0.2) is 4.79 Å². The summed E-state index contributed by atoms with van der Waals surface area (Å²) in [6.07, 6.45) is 14.8. The molecule has 0 aliphatic heterocycles. The van der Waals surface area contributed by atoms with E-state index < -0.39 is 5.97 Å². The van der Waals surface area contributed by atoms with Crippen LogP contribution in [0.25, 0.3) is 0 Å². The molecule has 0 aromatic heterocycles. The van der Waals surface area contributed by atoms with Gasteiger partial charge in [0.25, 0.3) is 0 Å². The minimum atomic E-state index is -0.999. The Morgan fingerprint density at radius 2 is 1.42 bits per heavy atom. The second-order valence-corrected chi connectivity index (χ2v) is 6.41. The number of hydrogen-bond donors (Lipinski definition) is 1. The summed E-state index contributed by atoms with van der Waals surface area (Å²) in [6.45, 7) is 2.24. The smallest absolute Gasteiger partial charge is 0.872 e. The van der Waals surface area contributed by atoms with Crippen molar-refractivity contribution in [3.63, 3.8) is 0 Å². The van der Waals surface area contributed by atoms with Gasteiger partial charge in [0.2, 0.25) is 0 Å². The van der Waals surface area contributed by atoms with E-state index in [-0.39, 0.29) is 62.7 Å². The van der Waals surface area contributed by atoms with Gasteiger partial charge in [-0.05, 0) is 18.4 Å². The van der Waals surface area contributed by atoms with Gasteiger partial charge in [0.1, 0.15) is 0 Å². The first kappa shape index (κ1) is 24.1. The normalized spacial score (nSPS) is 10.4. The standard InChI is InChI=1S/C20H32O3.K/c1-2-3-4-5-6-7-8-9-10-11-12-13-17-14-15-18(21)16-19(17)20(22)23;/h14-16,21H,2-13H2,1H3,(H,22,23);/q;+1/p-1. The van der Waals surface area contributed by atoms with E-state index >= 15 is 0 Å². The van der Waals surface area contributed by atoms with Gasteiger partial charge in [0.15, 0.2) is 0 Å². The van der Waals surface area contributed by atoms with Crippen LogP contribution >= 0.6 is 0 Å². The molecule has 1 aromatic carbocycles. The predicted molar refractivity (Wildman–Crippen MR) is 93.0 cm³/mol. The van der Waals surface area contributed by atoms with Gasteiger partial charge in [-0.1, -0.05) is 89.3 Å². The first-order valence-corrected chi connectivity index (χ1v) is 9.18. The van der Waals surface area contributed by atoms with E-state index in [0.717, 1.165) is 24.8 Å². The second kappa shape index (κ2) is 15.4. The van der Waals surface area contributed by atoms with Crippen LogP contribution in [0.2, 0.25) is 0 Å². The van der Waals surface area contributed by atoms with E-state index in [1.807, 2.05) is 0 Å². The molecule has 0 amide bonds. The van der Waals surface area contributed by atoms with Crippen LogP contribution < -0.4 is 56.5 Å². The van der Waals surface area contributed by atoms with Gasteiger partial charge in [-0.3, -0.25) is 0 Å². The van der Waals surface area contributed by atoms with Crippen molar-refractivity contribution in [3.05, 3.63) is 29.3 Å². The summed E-state index contributed by atoms with van der Waals surface area (Å²) in [5, 5.41) is 20.4. The third-order valence-corrected chi connectivity index (χ3v) is 4.36. The fraction of sp³-hybridized carbons (Fsp3) is 0.650. The molecule has 1 rings (SSSR count). The zero-order chi connectivity index (χ0) is 16.9. The molecular formula is C20H31KO3. The van der Waals surface area contributed by atoms with E-state index in [1.54, 1.807) is 6.07 Å². The van der Waals surface area contributed by atoms with Crippen molar-refractivity contribution >= 4 is 5.97 Å². The van der Waals surface area contributed by atoms with Crippen molar-refractivity contribution in [2.45, 2.75) is 84.0 Å². The number of carboxylic acid groups (broad SMARTS) is 1. The van der Waals surface area contributed by atoms with Crippen LogP contribution in [0.4, 0.5) is 0 Å². The number of carbonyl (C=O) groups is 1. The van der Waals surface area contributed by atoms with Gasteiger partial charge in [-0.2, -0.15) is 0 Å². The molecule has 3 nitrogen and oxygen atoms in total. The molecular weight excluding hydrogens is 327 g/mol. The third kappa shape index (κ3) is 10.9. The molecule has 0 spiro atoms. The minimum Gasteiger partial charge on any atom is -0.872 e.